The Balaban J connectivity index is 1.18. The molecule has 50 heavy (non-hydrogen) atoms. The predicted molar refractivity (Wildman–Crippen MR) is 195 cm³/mol. The molecule has 2 aromatic heterocycles. The van der Waals surface area contributed by atoms with Crippen LogP contribution in [0.25, 0.3) is 21.9 Å². The van der Waals surface area contributed by atoms with Gasteiger partial charge in [-0.1, -0.05) is 13.3 Å². The number of aromatic amines is 1. The second-order valence-electron chi connectivity index (χ2n) is 12.6. The van der Waals surface area contributed by atoms with Crippen molar-refractivity contribution in [1.82, 2.24) is 24.8 Å². The first-order valence-electron chi connectivity index (χ1n) is 18.0. The zero-order valence-electron chi connectivity index (χ0n) is 30.3. The number of anilines is 2. The van der Waals surface area contributed by atoms with Gasteiger partial charge < -0.3 is 44.2 Å². The van der Waals surface area contributed by atoms with Gasteiger partial charge in [-0.2, -0.15) is 0 Å². The number of H-pyrrole nitrogens is 1. The molecule has 278 valence electrons. The lowest BCUT2D eigenvalue weighted by molar-refractivity contribution is -0.134. The van der Waals surface area contributed by atoms with E-state index in [1.54, 1.807) is 18.9 Å². The SMILES string of the molecule is CCCCc1nc2c([nH]1)c(N)nc1ccc(N3CCN(CCOCCN(CCOCCC(C)=O)C(=O)CCOCCOCCOC)CC3)cc12. The summed E-state index contributed by atoms with van der Waals surface area (Å²) in [6.45, 7) is 13.1. The fraction of sp³-hybridized carbons (Fsp3) is 0.667. The maximum atomic E-state index is 12.9. The van der Waals surface area contributed by atoms with Crippen LogP contribution in [0.15, 0.2) is 18.2 Å². The molecule has 1 aliphatic rings. The maximum absolute atomic E-state index is 12.9. The number of hydrogen-bond acceptors (Lipinski definition) is 12. The molecular weight excluding hydrogens is 642 g/mol. The van der Waals surface area contributed by atoms with Gasteiger partial charge in [-0.15, -0.1) is 0 Å². The number of aromatic nitrogens is 3. The monoisotopic (exact) mass is 699 g/mol. The number of piperazine rings is 1. The molecular formula is C36H57N7O7. The van der Waals surface area contributed by atoms with Gasteiger partial charge in [0.1, 0.15) is 28.5 Å². The molecule has 3 N–H and O–H groups in total. The highest BCUT2D eigenvalue weighted by Crippen LogP contribution is 2.30. The van der Waals surface area contributed by atoms with Crippen LogP contribution in [-0.2, 0) is 39.7 Å². The van der Waals surface area contributed by atoms with Gasteiger partial charge >= 0.3 is 0 Å². The number of amides is 1. The van der Waals surface area contributed by atoms with Crippen LogP contribution < -0.4 is 10.6 Å². The number of carbonyl (C=O) groups is 2. The molecule has 0 saturated carbocycles. The van der Waals surface area contributed by atoms with Crippen LogP contribution in [0, 0.1) is 0 Å². The van der Waals surface area contributed by atoms with Crippen molar-refractivity contribution in [2.75, 3.05) is 123 Å². The number of benzene rings is 1. The standard InChI is InChI=1S/C36H57N7O7/c1-4-5-6-32-39-34-30-27-29(7-8-31(30)38-36(37)35(34)40-32)42-13-11-41(12-14-42)15-20-49-22-17-43(16-21-47-18-9-28(2)44)33(45)10-19-48-25-26-50-24-23-46-3/h7-8,27H,4-6,9-26H2,1-3H3,(H2,37,38)(H,39,40). The van der Waals surface area contributed by atoms with E-state index in [9.17, 15) is 9.59 Å². The molecule has 1 aliphatic heterocycles. The molecule has 1 aromatic carbocycles. The number of hydrogen-bond donors (Lipinski definition) is 2. The van der Waals surface area contributed by atoms with E-state index in [4.69, 9.17) is 34.4 Å². The first kappa shape index (κ1) is 39.4. The molecule has 3 aromatic rings. The van der Waals surface area contributed by atoms with E-state index in [2.05, 4.69) is 38.8 Å². The van der Waals surface area contributed by atoms with Crippen molar-refractivity contribution in [3.05, 3.63) is 24.0 Å². The molecule has 14 heteroatoms. The van der Waals surface area contributed by atoms with Crippen molar-refractivity contribution >= 4 is 45.1 Å². The molecule has 1 fully saturated rings. The van der Waals surface area contributed by atoms with Gasteiger partial charge in [-0.05, 0) is 31.5 Å². The van der Waals surface area contributed by atoms with Crippen LogP contribution >= 0.6 is 0 Å². The van der Waals surface area contributed by atoms with Gasteiger partial charge in [0.05, 0.1) is 71.4 Å². The third kappa shape index (κ3) is 12.7. The molecule has 0 radical (unpaired) electrons. The third-order valence-corrected chi connectivity index (χ3v) is 8.77. The zero-order chi connectivity index (χ0) is 35.6. The van der Waals surface area contributed by atoms with Gasteiger partial charge in [-0.3, -0.25) is 14.5 Å². The van der Waals surface area contributed by atoms with Crippen molar-refractivity contribution in [2.24, 2.45) is 0 Å². The number of nitrogens with one attached hydrogen (secondary N) is 1. The minimum Gasteiger partial charge on any atom is -0.382 e. The summed E-state index contributed by atoms with van der Waals surface area (Å²) < 4.78 is 27.5. The van der Waals surface area contributed by atoms with Crippen LogP contribution in [0.2, 0.25) is 0 Å². The number of Topliss-reactive ketones (excluding diaryl/α,β-unsaturated/α-hetero) is 1. The lowest BCUT2D eigenvalue weighted by atomic mass is 10.1. The van der Waals surface area contributed by atoms with Crippen LogP contribution in [0.3, 0.4) is 0 Å². The first-order chi connectivity index (χ1) is 24.4. The number of methoxy groups -OCH3 is 1. The van der Waals surface area contributed by atoms with Crippen LogP contribution in [-0.4, -0.2) is 149 Å². The number of pyridine rings is 1. The average molecular weight is 700 g/mol. The summed E-state index contributed by atoms with van der Waals surface area (Å²) in [6, 6.07) is 6.36. The summed E-state index contributed by atoms with van der Waals surface area (Å²) in [5.74, 6) is 1.51. The molecule has 0 spiro atoms. The van der Waals surface area contributed by atoms with Crippen molar-refractivity contribution < 1.29 is 33.3 Å². The highest BCUT2D eigenvalue weighted by molar-refractivity contribution is 6.07. The molecule has 0 atom stereocenters. The fourth-order valence-corrected chi connectivity index (χ4v) is 5.79. The van der Waals surface area contributed by atoms with Gasteiger partial charge in [0, 0.05) is 76.8 Å². The summed E-state index contributed by atoms with van der Waals surface area (Å²) in [5.41, 5.74) is 10.0. The quantitative estimate of drug-likeness (QED) is 0.125. The second-order valence-corrected chi connectivity index (χ2v) is 12.6. The Kier molecular flexibility index (Phi) is 17.1. The van der Waals surface area contributed by atoms with E-state index >= 15 is 0 Å². The minimum atomic E-state index is -0.0157. The number of imidazole rings is 1. The third-order valence-electron chi connectivity index (χ3n) is 8.77. The molecule has 0 aliphatic carbocycles. The molecule has 1 saturated heterocycles. The number of aryl methyl sites for hydroxylation is 1. The van der Waals surface area contributed by atoms with Crippen molar-refractivity contribution in [3.8, 4) is 0 Å². The topological polar surface area (TPSA) is 158 Å². The molecule has 3 heterocycles. The summed E-state index contributed by atoms with van der Waals surface area (Å²) in [7, 11) is 1.63. The van der Waals surface area contributed by atoms with E-state index in [0.717, 1.165) is 85.4 Å². The minimum absolute atomic E-state index is 0.0157. The van der Waals surface area contributed by atoms with E-state index in [1.165, 1.54) is 0 Å². The number of ether oxygens (including phenoxy) is 5. The Morgan fingerprint density at radius 1 is 0.880 bits per heavy atom. The van der Waals surface area contributed by atoms with Crippen LogP contribution in [0.1, 0.15) is 45.4 Å². The largest absolute Gasteiger partial charge is 0.382 e. The average Bonchev–Trinajstić information content (AvgIpc) is 3.56. The summed E-state index contributed by atoms with van der Waals surface area (Å²) in [6.07, 6.45) is 3.72. The number of nitrogen functional groups attached to an aromatic ring is 1. The Bertz CT molecular complexity index is 1460. The number of fused-ring (bicyclic) bond motifs is 3. The summed E-state index contributed by atoms with van der Waals surface area (Å²) >= 11 is 0. The van der Waals surface area contributed by atoms with Gasteiger partial charge in [-0.25, -0.2) is 9.97 Å². The predicted octanol–water partition coefficient (Wildman–Crippen LogP) is 3.07. The van der Waals surface area contributed by atoms with Crippen LogP contribution in [0.5, 0.6) is 0 Å². The van der Waals surface area contributed by atoms with E-state index in [0.29, 0.717) is 84.8 Å². The lowest BCUT2D eigenvalue weighted by Crippen LogP contribution is -2.47. The highest BCUT2D eigenvalue weighted by Gasteiger charge is 2.19. The van der Waals surface area contributed by atoms with Crippen LogP contribution in [0.4, 0.5) is 11.5 Å². The first-order valence-corrected chi connectivity index (χ1v) is 18.0. The lowest BCUT2D eigenvalue weighted by Gasteiger charge is -2.36. The molecule has 0 bridgehead atoms. The Morgan fingerprint density at radius 2 is 1.56 bits per heavy atom. The molecule has 4 rings (SSSR count). The smallest absolute Gasteiger partial charge is 0.225 e. The van der Waals surface area contributed by atoms with E-state index in [1.807, 2.05) is 6.07 Å². The number of nitrogens with zero attached hydrogens (tertiary/aromatic N) is 5. The second kappa shape index (κ2) is 21.7. The maximum Gasteiger partial charge on any atom is 0.225 e. The normalized spacial score (nSPS) is 13.9. The van der Waals surface area contributed by atoms with Gasteiger partial charge in [0.15, 0.2) is 0 Å². The molecule has 1 amide bonds. The van der Waals surface area contributed by atoms with Crippen molar-refractivity contribution in [1.29, 1.82) is 0 Å². The summed E-state index contributed by atoms with van der Waals surface area (Å²) in [5, 5.41) is 1.02. The van der Waals surface area contributed by atoms with Gasteiger partial charge in [0.25, 0.3) is 0 Å². The number of nitrogens with two attached hydrogens (primary N) is 1. The summed E-state index contributed by atoms with van der Waals surface area (Å²) in [4.78, 5) is 43.6. The number of unbranched alkanes of at least 4 members (excludes halogenated alkanes) is 1. The Labute approximate surface area is 295 Å². The van der Waals surface area contributed by atoms with Crippen molar-refractivity contribution in [3.63, 3.8) is 0 Å². The van der Waals surface area contributed by atoms with E-state index < -0.39 is 0 Å². The Morgan fingerprint density at radius 3 is 2.28 bits per heavy atom. The van der Waals surface area contributed by atoms with E-state index in [-0.39, 0.29) is 18.1 Å². The van der Waals surface area contributed by atoms with Gasteiger partial charge in [0.2, 0.25) is 5.91 Å². The highest BCUT2D eigenvalue weighted by atomic mass is 16.5. The number of carbonyl (C=O) groups excluding carboxylic acids is 2. The zero-order valence-corrected chi connectivity index (χ0v) is 30.3. The number of rotatable bonds is 25. The molecule has 0 unspecified atom stereocenters. The molecule has 14 nitrogen and oxygen atoms in total. The Hall–Kier alpha value is -3.40. The number of ketones is 1. The van der Waals surface area contributed by atoms with Crippen molar-refractivity contribution in [2.45, 2.75) is 46.0 Å². The fourth-order valence-electron chi connectivity index (χ4n) is 5.79.